The average molecular weight is 435 g/mol. The third-order valence-corrected chi connectivity index (χ3v) is 6.56. The van der Waals surface area contributed by atoms with E-state index >= 15 is 0 Å². The fourth-order valence-electron chi connectivity index (χ4n) is 4.86. The SMILES string of the molecule is OC1CCN(CCOc2c3[nH]c4ccc(F)cc4c3cc3c2[nH]c2ccc(F)cc23)CC1. The molecule has 7 heteroatoms. The fraction of sp³-hybridized carbons (Fsp3) is 0.280. The summed E-state index contributed by atoms with van der Waals surface area (Å²) in [6.07, 6.45) is 1.35. The van der Waals surface area contributed by atoms with Crippen LogP contribution in [0.2, 0.25) is 0 Å². The number of H-pyrrole nitrogens is 2. The molecule has 0 atom stereocenters. The molecule has 164 valence electrons. The molecule has 1 saturated heterocycles. The van der Waals surface area contributed by atoms with Crippen LogP contribution >= 0.6 is 0 Å². The van der Waals surface area contributed by atoms with Crippen molar-refractivity contribution in [2.24, 2.45) is 0 Å². The van der Waals surface area contributed by atoms with Gasteiger partial charge in [-0.05, 0) is 55.3 Å². The summed E-state index contributed by atoms with van der Waals surface area (Å²) in [6.45, 7) is 2.91. The Morgan fingerprint density at radius 1 is 0.844 bits per heavy atom. The van der Waals surface area contributed by atoms with Crippen LogP contribution < -0.4 is 4.74 Å². The van der Waals surface area contributed by atoms with Crippen molar-refractivity contribution in [1.29, 1.82) is 0 Å². The summed E-state index contributed by atoms with van der Waals surface area (Å²) in [4.78, 5) is 9.05. The van der Waals surface area contributed by atoms with E-state index in [1.54, 1.807) is 12.1 Å². The first-order valence-corrected chi connectivity index (χ1v) is 10.9. The predicted octanol–water partition coefficient (Wildman–Crippen LogP) is 5.07. The first kappa shape index (κ1) is 19.5. The minimum absolute atomic E-state index is 0.209. The number of halogens is 2. The zero-order valence-corrected chi connectivity index (χ0v) is 17.4. The number of hydrogen-bond donors (Lipinski definition) is 3. The molecule has 3 heterocycles. The molecule has 5 nitrogen and oxygen atoms in total. The van der Waals surface area contributed by atoms with Crippen LogP contribution in [0.3, 0.4) is 0 Å². The largest absolute Gasteiger partial charge is 0.488 e. The zero-order valence-electron chi connectivity index (χ0n) is 17.4. The molecular formula is C25H23F2N3O2. The van der Waals surface area contributed by atoms with Gasteiger partial charge in [-0.3, -0.25) is 4.90 Å². The van der Waals surface area contributed by atoms with E-state index in [9.17, 15) is 13.9 Å². The fourth-order valence-corrected chi connectivity index (χ4v) is 4.86. The van der Waals surface area contributed by atoms with Crippen molar-refractivity contribution in [3.05, 3.63) is 54.1 Å². The van der Waals surface area contributed by atoms with Crippen LogP contribution in [0.4, 0.5) is 8.78 Å². The third kappa shape index (κ3) is 3.20. The summed E-state index contributed by atoms with van der Waals surface area (Å²) < 4.78 is 34.4. The molecule has 5 aromatic rings. The number of rotatable bonds is 4. The summed E-state index contributed by atoms with van der Waals surface area (Å²) in [5, 5.41) is 12.9. The normalized spacial score (nSPS) is 16.1. The molecule has 3 N–H and O–H groups in total. The van der Waals surface area contributed by atoms with E-state index < -0.39 is 0 Å². The maximum absolute atomic E-state index is 14.0. The van der Waals surface area contributed by atoms with Crippen molar-refractivity contribution in [2.75, 3.05) is 26.2 Å². The quantitative estimate of drug-likeness (QED) is 0.369. The van der Waals surface area contributed by atoms with Gasteiger partial charge < -0.3 is 19.8 Å². The van der Waals surface area contributed by atoms with Crippen molar-refractivity contribution in [3.8, 4) is 5.75 Å². The molecule has 0 spiro atoms. The summed E-state index contributed by atoms with van der Waals surface area (Å²) >= 11 is 0. The van der Waals surface area contributed by atoms with E-state index in [1.807, 2.05) is 6.07 Å². The van der Waals surface area contributed by atoms with Crippen LogP contribution in [-0.2, 0) is 0 Å². The van der Waals surface area contributed by atoms with E-state index in [0.29, 0.717) is 12.4 Å². The van der Waals surface area contributed by atoms with Gasteiger partial charge in [-0.2, -0.15) is 0 Å². The Balaban J connectivity index is 1.48. The molecular weight excluding hydrogens is 412 g/mol. The molecule has 1 fully saturated rings. The highest BCUT2D eigenvalue weighted by Gasteiger charge is 2.20. The van der Waals surface area contributed by atoms with E-state index in [-0.39, 0.29) is 17.7 Å². The lowest BCUT2D eigenvalue weighted by atomic mass is 10.1. The molecule has 0 aliphatic carbocycles. The minimum atomic E-state index is -0.307. The monoisotopic (exact) mass is 435 g/mol. The number of piperidine rings is 1. The van der Waals surface area contributed by atoms with Gasteiger partial charge in [0.25, 0.3) is 0 Å². The number of aliphatic hydroxyl groups is 1. The van der Waals surface area contributed by atoms with Gasteiger partial charge in [-0.15, -0.1) is 0 Å². The molecule has 1 aliphatic heterocycles. The highest BCUT2D eigenvalue weighted by Crippen LogP contribution is 2.41. The van der Waals surface area contributed by atoms with Crippen molar-refractivity contribution in [3.63, 3.8) is 0 Å². The Kier molecular flexibility index (Phi) is 4.55. The highest BCUT2D eigenvalue weighted by atomic mass is 19.1. The second-order valence-electron chi connectivity index (χ2n) is 8.60. The number of nitrogens with zero attached hydrogens (tertiary/aromatic N) is 1. The van der Waals surface area contributed by atoms with Crippen molar-refractivity contribution in [2.45, 2.75) is 18.9 Å². The first-order valence-electron chi connectivity index (χ1n) is 10.9. The summed E-state index contributed by atoms with van der Waals surface area (Å²) in [5.41, 5.74) is 3.22. The molecule has 3 aromatic carbocycles. The molecule has 0 bridgehead atoms. The van der Waals surface area contributed by atoms with Crippen molar-refractivity contribution >= 4 is 43.6 Å². The number of benzene rings is 3. The maximum Gasteiger partial charge on any atom is 0.167 e. The molecule has 32 heavy (non-hydrogen) atoms. The number of hydrogen-bond acceptors (Lipinski definition) is 3. The predicted molar refractivity (Wildman–Crippen MR) is 122 cm³/mol. The van der Waals surface area contributed by atoms with Gasteiger partial charge in [0.05, 0.1) is 17.1 Å². The Morgan fingerprint density at radius 3 is 1.97 bits per heavy atom. The van der Waals surface area contributed by atoms with Crippen molar-refractivity contribution in [1.82, 2.24) is 14.9 Å². The average Bonchev–Trinajstić information content (AvgIpc) is 3.32. The highest BCUT2D eigenvalue weighted by molar-refractivity contribution is 6.20. The lowest BCUT2D eigenvalue weighted by Gasteiger charge is -2.29. The topological polar surface area (TPSA) is 64.3 Å². The van der Waals surface area contributed by atoms with Gasteiger partial charge in [0.1, 0.15) is 18.2 Å². The van der Waals surface area contributed by atoms with Crippen molar-refractivity contribution < 1.29 is 18.6 Å². The third-order valence-electron chi connectivity index (χ3n) is 6.56. The molecule has 0 unspecified atom stereocenters. The smallest absolute Gasteiger partial charge is 0.167 e. The summed E-state index contributed by atoms with van der Waals surface area (Å²) in [6, 6.07) is 11.3. The van der Waals surface area contributed by atoms with Gasteiger partial charge in [-0.25, -0.2) is 8.78 Å². The van der Waals surface area contributed by atoms with Gasteiger partial charge in [0.2, 0.25) is 0 Å². The van der Waals surface area contributed by atoms with Gasteiger partial charge >= 0.3 is 0 Å². The van der Waals surface area contributed by atoms with Crippen LogP contribution in [0.25, 0.3) is 43.6 Å². The number of aromatic amines is 2. The minimum Gasteiger partial charge on any atom is -0.488 e. The molecule has 2 aromatic heterocycles. The number of nitrogens with one attached hydrogen (secondary N) is 2. The molecule has 0 amide bonds. The van der Waals surface area contributed by atoms with Crippen LogP contribution in [0.15, 0.2) is 42.5 Å². The van der Waals surface area contributed by atoms with Gasteiger partial charge in [0.15, 0.2) is 5.75 Å². The standard InChI is InChI=1S/C25H23F2N3O2/c26-14-1-3-21-17(11-14)19-13-20-18-12-15(27)2-4-22(18)29-24(20)25(23(19)28-21)32-10-9-30-7-5-16(31)6-8-30/h1-4,11-13,16,28-29,31H,5-10H2. The Hall–Kier alpha value is -3.16. The Bertz CT molecular complexity index is 1370. The summed E-state index contributed by atoms with van der Waals surface area (Å²) in [7, 11) is 0. The van der Waals surface area contributed by atoms with Crippen LogP contribution in [0.1, 0.15) is 12.8 Å². The molecule has 0 saturated carbocycles. The lowest BCUT2D eigenvalue weighted by molar-refractivity contribution is 0.0757. The molecule has 6 rings (SSSR count). The Morgan fingerprint density at radius 2 is 1.41 bits per heavy atom. The Labute approximate surface area is 182 Å². The number of ether oxygens (including phenoxy) is 1. The second kappa shape index (κ2) is 7.46. The molecule has 0 radical (unpaired) electrons. The van der Waals surface area contributed by atoms with Gasteiger partial charge in [0, 0.05) is 52.2 Å². The zero-order chi connectivity index (χ0) is 21.8. The van der Waals surface area contributed by atoms with Crippen LogP contribution in [0, 0.1) is 11.6 Å². The number of aliphatic hydroxyl groups excluding tert-OH is 1. The number of aromatic nitrogens is 2. The number of fused-ring (bicyclic) bond motifs is 6. The summed E-state index contributed by atoms with van der Waals surface area (Å²) in [5.74, 6) is 0.0409. The maximum atomic E-state index is 14.0. The van der Waals surface area contributed by atoms with Gasteiger partial charge in [-0.1, -0.05) is 0 Å². The second-order valence-corrected chi connectivity index (χ2v) is 8.60. The lowest BCUT2D eigenvalue weighted by Crippen LogP contribution is -2.38. The molecule has 1 aliphatic rings. The van der Waals surface area contributed by atoms with E-state index in [4.69, 9.17) is 4.74 Å². The van der Waals surface area contributed by atoms with E-state index in [2.05, 4.69) is 14.9 Å². The van der Waals surface area contributed by atoms with Crippen LogP contribution in [0.5, 0.6) is 5.75 Å². The van der Waals surface area contributed by atoms with E-state index in [1.165, 1.54) is 24.3 Å². The van der Waals surface area contributed by atoms with E-state index in [0.717, 1.165) is 76.1 Å². The first-order chi connectivity index (χ1) is 15.6. The number of likely N-dealkylation sites (tertiary alicyclic amines) is 1. The van der Waals surface area contributed by atoms with Crippen LogP contribution in [-0.4, -0.2) is 52.3 Å².